The van der Waals surface area contributed by atoms with Gasteiger partial charge in [0.05, 0.1) is 6.61 Å². The van der Waals surface area contributed by atoms with Gasteiger partial charge in [0, 0.05) is 6.04 Å². The van der Waals surface area contributed by atoms with E-state index in [9.17, 15) is 4.79 Å². The van der Waals surface area contributed by atoms with Crippen LogP contribution in [0.4, 0.5) is 16.4 Å². The molecular formula is C15H18N4O2. The van der Waals surface area contributed by atoms with Gasteiger partial charge < -0.3 is 10.1 Å². The topological polar surface area (TPSA) is 76.1 Å². The maximum absolute atomic E-state index is 11.2. The minimum Gasteiger partial charge on any atom is -0.450 e. The van der Waals surface area contributed by atoms with E-state index in [1.165, 1.54) is 0 Å². The number of nitrogens with zero attached hydrogens (tertiary/aromatic N) is 2. The molecule has 0 radical (unpaired) electrons. The molecule has 1 amide bonds. The fraction of sp³-hybridized carbons (Fsp3) is 0.267. The molecule has 110 valence electrons. The van der Waals surface area contributed by atoms with E-state index in [0.717, 1.165) is 5.56 Å². The van der Waals surface area contributed by atoms with Crippen LogP contribution >= 0.6 is 0 Å². The molecule has 0 spiro atoms. The Bertz CT molecular complexity index is 572. The number of benzene rings is 1. The van der Waals surface area contributed by atoms with Crippen molar-refractivity contribution in [1.82, 2.24) is 10.2 Å². The summed E-state index contributed by atoms with van der Waals surface area (Å²) in [4.78, 5) is 11.2. The van der Waals surface area contributed by atoms with Crippen LogP contribution < -0.4 is 10.6 Å². The first-order valence-corrected chi connectivity index (χ1v) is 6.78. The Morgan fingerprint density at radius 2 is 1.81 bits per heavy atom. The summed E-state index contributed by atoms with van der Waals surface area (Å²) in [5, 5.41) is 13.7. The number of aromatic nitrogens is 2. The Morgan fingerprint density at radius 1 is 1.14 bits per heavy atom. The molecule has 6 nitrogen and oxygen atoms in total. The summed E-state index contributed by atoms with van der Waals surface area (Å²) in [6.07, 6.45) is -0.537. The zero-order valence-corrected chi connectivity index (χ0v) is 12.0. The van der Waals surface area contributed by atoms with Crippen molar-refractivity contribution in [1.29, 1.82) is 0 Å². The van der Waals surface area contributed by atoms with Crippen LogP contribution in [0.1, 0.15) is 25.5 Å². The van der Waals surface area contributed by atoms with E-state index < -0.39 is 6.09 Å². The molecule has 1 unspecified atom stereocenters. The van der Waals surface area contributed by atoms with Gasteiger partial charge in [-0.15, -0.1) is 10.2 Å². The molecule has 1 aromatic heterocycles. The Balaban J connectivity index is 1.95. The van der Waals surface area contributed by atoms with Crippen molar-refractivity contribution in [2.24, 2.45) is 0 Å². The molecule has 1 aromatic carbocycles. The second kappa shape index (κ2) is 7.23. The average Bonchev–Trinajstić information content (AvgIpc) is 2.50. The number of carbonyl (C=O) groups is 1. The molecule has 6 heteroatoms. The number of anilines is 2. The van der Waals surface area contributed by atoms with E-state index in [0.29, 0.717) is 18.2 Å². The zero-order chi connectivity index (χ0) is 15.1. The Kier molecular flexibility index (Phi) is 5.09. The van der Waals surface area contributed by atoms with Gasteiger partial charge in [-0.3, -0.25) is 5.32 Å². The lowest BCUT2D eigenvalue weighted by molar-refractivity contribution is 0.168. The summed E-state index contributed by atoms with van der Waals surface area (Å²) in [6, 6.07) is 13.6. The summed E-state index contributed by atoms with van der Waals surface area (Å²) in [7, 11) is 0. The highest BCUT2D eigenvalue weighted by atomic mass is 16.5. The van der Waals surface area contributed by atoms with E-state index in [-0.39, 0.29) is 6.04 Å². The van der Waals surface area contributed by atoms with Gasteiger partial charge in [-0.25, -0.2) is 4.79 Å². The van der Waals surface area contributed by atoms with Crippen LogP contribution in [0.25, 0.3) is 0 Å². The van der Waals surface area contributed by atoms with Gasteiger partial charge >= 0.3 is 6.09 Å². The van der Waals surface area contributed by atoms with Crippen LogP contribution in [-0.2, 0) is 4.74 Å². The standard InChI is InChI=1S/C15H18N4O2/c1-3-21-15(20)17-14-10-9-13(18-19-14)16-11(2)12-7-5-4-6-8-12/h4-11H,3H2,1-2H3,(H,16,18)(H,17,19,20). The Morgan fingerprint density at radius 3 is 2.43 bits per heavy atom. The van der Waals surface area contributed by atoms with Gasteiger partial charge in [0.2, 0.25) is 0 Å². The van der Waals surface area contributed by atoms with E-state index in [1.54, 1.807) is 19.1 Å². The number of amides is 1. The van der Waals surface area contributed by atoms with Gasteiger partial charge in [-0.2, -0.15) is 0 Å². The van der Waals surface area contributed by atoms with Crippen molar-refractivity contribution in [2.75, 3.05) is 17.2 Å². The minimum absolute atomic E-state index is 0.115. The summed E-state index contributed by atoms with van der Waals surface area (Å²) in [6.45, 7) is 4.10. The largest absolute Gasteiger partial charge is 0.450 e. The van der Waals surface area contributed by atoms with Crippen molar-refractivity contribution >= 4 is 17.7 Å². The summed E-state index contributed by atoms with van der Waals surface area (Å²) >= 11 is 0. The van der Waals surface area contributed by atoms with Gasteiger partial charge in [0.25, 0.3) is 0 Å². The second-order valence-corrected chi connectivity index (χ2v) is 4.43. The maximum Gasteiger partial charge on any atom is 0.412 e. The lowest BCUT2D eigenvalue weighted by Gasteiger charge is -2.14. The SMILES string of the molecule is CCOC(=O)Nc1ccc(NC(C)c2ccccc2)nn1. The lowest BCUT2D eigenvalue weighted by Crippen LogP contribution is -2.15. The lowest BCUT2D eigenvalue weighted by atomic mass is 10.1. The molecule has 0 saturated heterocycles. The van der Waals surface area contributed by atoms with Crippen LogP contribution in [0.15, 0.2) is 42.5 Å². The van der Waals surface area contributed by atoms with Crippen LogP contribution in [0, 0.1) is 0 Å². The van der Waals surface area contributed by atoms with Gasteiger partial charge in [-0.1, -0.05) is 30.3 Å². The predicted molar refractivity (Wildman–Crippen MR) is 81.2 cm³/mol. The number of rotatable bonds is 5. The van der Waals surface area contributed by atoms with Crippen molar-refractivity contribution < 1.29 is 9.53 Å². The molecule has 0 saturated carbocycles. The van der Waals surface area contributed by atoms with E-state index in [2.05, 4.69) is 20.8 Å². The number of hydrogen-bond donors (Lipinski definition) is 2. The average molecular weight is 286 g/mol. The van der Waals surface area contributed by atoms with E-state index in [1.807, 2.05) is 37.3 Å². The monoisotopic (exact) mass is 286 g/mol. The smallest absolute Gasteiger partial charge is 0.412 e. The fourth-order valence-electron chi connectivity index (χ4n) is 1.79. The first-order valence-electron chi connectivity index (χ1n) is 6.78. The summed E-state index contributed by atoms with van der Waals surface area (Å²) in [5.74, 6) is 0.993. The third-order valence-electron chi connectivity index (χ3n) is 2.83. The molecule has 21 heavy (non-hydrogen) atoms. The van der Waals surface area contributed by atoms with Crippen molar-refractivity contribution in [3.8, 4) is 0 Å². The highest BCUT2D eigenvalue weighted by molar-refractivity contribution is 5.83. The van der Waals surface area contributed by atoms with Crippen LogP contribution in [0.2, 0.25) is 0 Å². The molecule has 1 atom stereocenters. The number of nitrogens with one attached hydrogen (secondary N) is 2. The first-order chi connectivity index (χ1) is 10.2. The fourth-order valence-corrected chi connectivity index (χ4v) is 1.79. The van der Waals surface area contributed by atoms with Crippen molar-refractivity contribution in [2.45, 2.75) is 19.9 Å². The third-order valence-corrected chi connectivity index (χ3v) is 2.83. The molecule has 1 heterocycles. The minimum atomic E-state index is -0.537. The first kappa shape index (κ1) is 14.8. The normalized spacial score (nSPS) is 11.5. The van der Waals surface area contributed by atoms with E-state index >= 15 is 0 Å². The molecule has 2 aromatic rings. The molecule has 0 aliphatic carbocycles. The maximum atomic E-state index is 11.2. The van der Waals surface area contributed by atoms with Crippen LogP contribution in [0.5, 0.6) is 0 Å². The quantitative estimate of drug-likeness (QED) is 0.882. The van der Waals surface area contributed by atoms with Crippen LogP contribution in [-0.4, -0.2) is 22.9 Å². The number of ether oxygens (including phenoxy) is 1. The Hall–Kier alpha value is -2.63. The van der Waals surface area contributed by atoms with Gasteiger partial charge in [0.15, 0.2) is 5.82 Å². The summed E-state index contributed by atoms with van der Waals surface area (Å²) < 4.78 is 4.76. The molecule has 0 fully saturated rings. The molecule has 0 aliphatic rings. The van der Waals surface area contributed by atoms with E-state index in [4.69, 9.17) is 4.74 Å². The van der Waals surface area contributed by atoms with Crippen molar-refractivity contribution in [3.63, 3.8) is 0 Å². The Labute approximate surface area is 123 Å². The highest BCUT2D eigenvalue weighted by Crippen LogP contribution is 2.17. The molecule has 0 aliphatic heterocycles. The number of hydrogen-bond acceptors (Lipinski definition) is 5. The van der Waals surface area contributed by atoms with Crippen LogP contribution in [0.3, 0.4) is 0 Å². The van der Waals surface area contributed by atoms with Gasteiger partial charge in [0.1, 0.15) is 5.82 Å². The predicted octanol–water partition coefficient (Wildman–Crippen LogP) is 3.22. The number of carbonyl (C=O) groups excluding carboxylic acids is 1. The third kappa shape index (κ3) is 4.45. The molecule has 2 rings (SSSR count). The van der Waals surface area contributed by atoms with Gasteiger partial charge in [-0.05, 0) is 31.5 Å². The highest BCUT2D eigenvalue weighted by Gasteiger charge is 2.07. The van der Waals surface area contributed by atoms with Crippen molar-refractivity contribution in [3.05, 3.63) is 48.0 Å². The zero-order valence-electron chi connectivity index (χ0n) is 12.0. The molecule has 2 N–H and O–H groups in total. The molecular weight excluding hydrogens is 268 g/mol. The summed E-state index contributed by atoms with van der Waals surface area (Å²) in [5.41, 5.74) is 1.16. The second-order valence-electron chi connectivity index (χ2n) is 4.43. The molecule has 0 bridgehead atoms.